The third-order valence-electron chi connectivity index (χ3n) is 2.98. The van der Waals surface area contributed by atoms with Crippen molar-refractivity contribution in [2.45, 2.75) is 24.8 Å². The van der Waals surface area contributed by atoms with Crippen molar-refractivity contribution in [3.8, 4) is 0 Å². The van der Waals surface area contributed by atoms with Crippen molar-refractivity contribution in [3.05, 3.63) is 11.3 Å². The Kier molecular flexibility index (Phi) is 3.81. The first-order valence-electron chi connectivity index (χ1n) is 5.68. The van der Waals surface area contributed by atoms with Crippen molar-refractivity contribution >= 4 is 29.6 Å². The molecule has 0 radical (unpaired) electrons. The number of carbonyl (C=O) groups excluding carboxylic acids is 2. The van der Waals surface area contributed by atoms with Gasteiger partial charge in [-0.3, -0.25) is 19.3 Å². The van der Waals surface area contributed by atoms with E-state index in [0.29, 0.717) is 17.0 Å². The minimum Gasteiger partial charge on any atom is -0.481 e. The highest BCUT2D eigenvalue weighted by molar-refractivity contribution is 8.00. The van der Waals surface area contributed by atoms with Crippen molar-refractivity contribution in [1.29, 1.82) is 0 Å². The largest absolute Gasteiger partial charge is 0.481 e. The van der Waals surface area contributed by atoms with Crippen LogP contribution < -0.4 is 5.73 Å². The number of aliphatic carboxylic acids is 1. The summed E-state index contributed by atoms with van der Waals surface area (Å²) >= 11 is 1.45. The highest BCUT2D eigenvalue weighted by Gasteiger charge is 2.50. The summed E-state index contributed by atoms with van der Waals surface area (Å²) in [5.41, 5.74) is 6.73. The number of nitrogens with two attached hydrogens (primary N) is 1. The highest BCUT2D eigenvalue weighted by atomic mass is 32.2. The van der Waals surface area contributed by atoms with Crippen LogP contribution in [0.1, 0.15) is 13.3 Å². The molecule has 0 spiro atoms. The van der Waals surface area contributed by atoms with Gasteiger partial charge in [0.15, 0.2) is 0 Å². The topological polar surface area (TPSA) is 110 Å². The van der Waals surface area contributed by atoms with Crippen molar-refractivity contribution in [2.24, 2.45) is 5.73 Å². The van der Waals surface area contributed by atoms with Crippen LogP contribution in [0, 0.1) is 0 Å². The average Bonchev–Trinajstić information content (AvgIpc) is 2.34. The van der Waals surface area contributed by atoms with Crippen LogP contribution in [-0.4, -0.2) is 51.6 Å². The summed E-state index contributed by atoms with van der Waals surface area (Å²) in [5.74, 6) is -1.25. The maximum Gasteiger partial charge on any atom is 0.309 e. The van der Waals surface area contributed by atoms with E-state index in [2.05, 4.69) is 0 Å². The van der Waals surface area contributed by atoms with E-state index >= 15 is 0 Å². The summed E-state index contributed by atoms with van der Waals surface area (Å²) < 4.78 is 4.89. The number of ether oxygens (including phenoxy) is 1. The van der Waals surface area contributed by atoms with E-state index in [9.17, 15) is 14.4 Å². The average molecular weight is 286 g/mol. The lowest BCUT2D eigenvalue weighted by molar-refractivity contribution is -0.143. The molecule has 104 valence electrons. The lowest BCUT2D eigenvalue weighted by atomic mass is 10.0. The predicted octanol–water partition coefficient (Wildman–Crippen LogP) is -0.479. The van der Waals surface area contributed by atoms with Gasteiger partial charge in [0.1, 0.15) is 18.0 Å². The molecule has 0 aromatic rings. The van der Waals surface area contributed by atoms with Crippen LogP contribution in [0.2, 0.25) is 0 Å². The molecular formula is C11H14N2O5S. The Morgan fingerprint density at radius 3 is 2.84 bits per heavy atom. The molecule has 0 aliphatic carbocycles. The second-order valence-electron chi connectivity index (χ2n) is 4.34. The van der Waals surface area contributed by atoms with Gasteiger partial charge in [-0.05, 0) is 5.57 Å². The number of fused-ring (bicyclic) bond motifs is 1. The van der Waals surface area contributed by atoms with Crippen molar-refractivity contribution in [1.82, 2.24) is 4.90 Å². The lowest BCUT2D eigenvalue weighted by Gasteiger charge is -2.49. The molecule has 1 saturated heterocycles. The van der Waals surface area contributed by atoms with Crippen LogP contribution in [-0.2, 0) is 19.1 Å². The number of rotatable bonds is 4. The summed E-state index contributed by atoms with van der Waals surface area (Å²) in [7, 11) is 0. The van der Waals surface area contributed by atoms with Crippen molar-refractivity contribution in [3.63, 3.8) is 0 Å². The predicted molar refractivity (Wildman–Crippen MR) is 67.0 cm³/mol. The van der Waals surface area contributed by atoms with E-state index in [1.807, 2.05) is 0 Å². The van der Waals surface area contributed by atoms with Gasteiger partial charge in [0.05, 0.1) is 6.42 Å². The number of amides is 1. The minimum atomic E-state index is -1.03. The molecule has 0 unspecified atom stereocenters. The molecule has 1 amide bonds. The Balaban J connectivity index is 2.23. The van der Waals surface area contributed by atoms with E-state index in [0.717, 1.165) is 0 Å². The number of carboxylic acid groups (broad SMARTS) is 1. The van der Waals surface area contributed by atoms with E-state index in [1.54, 1.807) is 0 Å². The summed E-state index contributed by atoms with van der Waals surface area (Å²) in [5, 5.41) is 8.72. The Bertz CT molecular complexity index is 476. The first-order valence-corrected chi connectivity index (χ1v) is 6.73. The van der Waals surface area contributed by atoms with E-state index in [-0.39, 0.29) is 24.3 Å². The summed E-state index contributed by atoms with van der Waals surface area (Å²) in [4.78, 5) is 34.9. The fraction of sp³-hybridized carbons (Fsp3) is 0.545. The van der Waals surface area contributed by atoms with Gasteiger partial charge in [-0.25, -0.2) is 0 Å². The molecule has 8 heteroatoms. The molecule has 19 heavy (non-hydrogen) atoms. The molecule has 2 heterocycles. The molecule has 1 fully saturated rings. The van der Waals surface area contributed by atoms with Gasteiger partial charge in [0, 0.05) is 18.4 Å². The van der Waals surface area contributed by atoms with Gasteiger partial charge in [0.25, 0.3) is 0 Å². The normalized spacial score (nSPS) is 25.8. The Morgan fingerprint density at radius 1 is 1.58 bits per heavy atom. The van der Waals surface area contributed by atoms with Crippen LogP contribution in [0.5, 0.6) is 0 Å². The van der Waals surface area contributed by atoms with Crippen LogP contribution in [0.25, 0.3) is 0 Å². The Morgan fingerprint density at radius 2 is 2.26 bits per heavy atom. The zero-order valence-electron chi connectivity index (χ0n) is 10.3. The zero-order valence-corrected chi connectivity index (χ0v) is 11.1. The summed E-state index contributed by atoms with van der Waals surface area (Å²) in [6.07, 6.45) is -0.272. The van der Waals surface area contributed by atoms with Crippen LogP contribution >= 0.6 is 11.8 Å². The van der Waals surface area contributed by atoms with Crippen LogP contribution in [0.3, 0.4) is 0 Å². The summed E-state index contributed by atoms with van der Waals surface area (Å²) in [6.45, 7) is 1.29. The lowest BCUT2D eigenvalue weighted by Crippen LogP contribution is -2.67. The third-order valence-corrected chi connectivity index (χ3v) is 4.34. The van der Waals surface area contributed by atoms with E-state index in [1.165, 1.54) is 23.6 Å². The molecule has 0 saturated carbocycles. The fourth-order valence-corrected chi connectivity index (χ4v) is 3.38. The number of nitrogens with zero attached hydrogens (tertiary/aromatic N) is 1. The number of β-lactam (4-membered cyclic amide) rings is 1. The molecule has 2 atom stereocenters. The molecule has 0 bridgehead atoms. The third kappa shape index (κ3) is 2.59. The Labute approximate surface area is 113 Å². The maximum absolute atomic E-state index is 11.7. The van der Waals surface area contributed by atoms with Gasteiger partial charge >= 0.3 is 11.9 Å². The van der Waals surface area contributed by atoms with Gasteiger partial charge in [-0.2, -0.15) is 0 Å². The molecule has 0 aromatic heterocycles. The van der Waals surface area contributed by atoms with Crippen molar-refractivity contribution < 1.29 is 24.2 Å². The zero-order chi connectivity index (χ0) is 14.2. The molecule has 0 aromatic carbocycles. The van der Waals surface area contributed by atoms with Crippen LogP contribution in [0.15, 0.2) is 11.3 Å². The van der Waals surface area contributed by atoms with E-state index < -0.39 is 18.0 Å². The SMILES string of the molecule is CC(=O)OCC1=C(CC(=O)O)N2C(=O)[C@@H](N)[C@H]2SC1. The Hall–Kier alpha value is -1.54. The number of thioether (sulfide) groups is 1. The number of hydrogen-bond donors (Lipinski definition) is 2. The molecule has 7 nitrogen and oxygen atoms in total. The smallest absolute Gasteiger partial charge is 0.309 e. The molecular weight excluding hydrogens is 272 g/mol. The second kappa shape index (κ2) is 5.22. The quantitative estimate of drug-likeness (QED) is 0.530. The standard InChI is InChI=1S/C11H14N2O5S/c1-5(14)18-3-6-4-19-11-9(12)10(17)13(11)7(6)2-8(15)16/h9,11H,2-4,12H2,1H3,(H,15,16)/t9-,11-/m1/s1. The molecule has 3 N–H and O–H groups in total. The van der Waals surface area contributed by atoms with Crippen molar-refractivity contribution in [2.75, 3.05) is 12.4 Å². The van der Waals surface area contributed by atoms with Crippen LogP contribution in [0.4, 0.5) is 0 Å². The second-order valence-corrected chi connectivity index (χ2v) is 5.44. The first kappa shape index (κ1) is 13.9. The molecule has 2 rings (SSSR count). The van der Waals surface area contributed by atoms with E-state index in [4.69, 9.17) is 15.6 Å². The fourth-order valence-electron chi connectivity index (χ4n) is 2.06. The van der Waals surface area contributed by atoms with Gasteiger partial charge < -0.3 is 15.6 Å². The molecule has 2 aliphatic heterocycles. The highest BCUT2D eigenvalue weighted by Crippen LogP contribution is 2.40. The molecule has 2 aliphatic rings. The van der Waals surface area contributed by atoms with Gasteiger partial charge in [-0.1, -0.05) is 0 Å². The summed E-state index contributed by atoms with van der Waals surface area (Å²) in [6, 6.07) is -0.580. The number of hydrogen-bond acceptors (Lipinski definition) is 6. The maximum atomic E-state index is 11.7. The number of carbonyl (C=O) groups is 3. The van der Waals surface area contributed by atoms with Gasteiger partial charge in [0.2, 0.25) is 5.91 Å². The number of esters is 1. The first-order chi connectivity index (χ1) is 8.91. The number of carboxylic acids is 1. The monoisotopic (exact) mass is 286 g/mol. The van der Waals surface area contributed by atoms with Gasteiger partial charge in [-0.15, -0.1) is 11.8 Å². The minimum absolute atomic E-state index is 0.0106.